The van der Waals surface area contributed by atoms with Crippen LogP contribution in [0.1, 0.15) is 12.5 Å². The van der Waals surface area contributed by atoms with Gasteiger partial charge >= 0.3 is 11.8 Å². The maximum absolute atomic E-state index is 11.3. The van der Waals surface area contributed by atoms with Gasteiger partial charge in [-0.3, -0.25) is 9.59 Å². The van der Waals surface area contributed by atoms with Crippen molar-refractivity contribution < 1.29 is 29.0 Å². The van der Waals surface area contributed by atoms with Gasteiger partial charge in [-0.25, -0.2) is 5.43 Å². The zero-order valence-corrected chi connectivity index (χ0v) is 14.5. The van der Waals surface area contributed by atoms with Gasteiger partial charge in [-0.05, 0) is 40.5 Å². The Bertz CT molecular complexity index is 662. The van der Waals surface area contributed by atoms with Gasteiger partial charge in [-0.15, -0.1) is 0 Å². The molecule has 1 rings (SSSR count). The van der Waals surface area contributed by atoms with Crippen LogP contribution in [0, 0.1) is 0 Å². The van der Waals surface area contributed by atoms with Crippen LogP contribution in [0.15, 0.2) is 21.7 Å². The summed E-state index contributed by atoms with van der Waals surface area (Å²) in [4.78, 5) is 32.8. The number of benzene rings is 1. The van der Waals surface area contributed by atoms with Crippen molar-refractivity contribution in [2.45, 2.75) is 6.92 Å². The fourth-order valence-corrected chi connectivity index (χ4v) is 2.10. The predicted molar refractivity (Wildman–Crippen MR) is 85.6 cm³/mol. The molecule has 2 amide bonds. The summed E-state index contributed by atoms with van der Waals surface area (Å²) >= 11 is 3.24. The van der Waals surface area contributed by atoms with E-state index in [1.807, 2.05) is 0 Å². The van der Waals surface area contributed by atoms with Crippen molar-refractivity contribution in [1.29, 1.82) is 0 Å². The zero-order chi connectivity index (χ0) is 18.1. The molecule has 10 heteroatoms. The molecule has 0 fully saturated rings. The van der Waals surface area contributed by atoms with E-state index in [0.29, 0.717) is 16.6 Å². The van der Waals surface area contributed by atoms with Crippen LogP contribution in [0.2, 0.25) is 0 Å². The lowest BCUT2D eigenvalue weighted by Crippen LogP contribution is -2.35. The summed E-state index contributed by atoms with van der Waals surface area (Å²) in [5.41, 5.74) is 2.57. The molecule has 0 aliphatic carbocycles. The van der Waals surface area contributed by atoms with Gasteiger partial charge in [0, 0.05) is 7.05 Å². The average molecular weight is 401 g/mol. The molecule has 130 valence electrons. The van der Waals surface area contributed by atoms with Crippen LogP contribution in [0.5, 0.6) is 11.5 Å². The number of carboxylic acid groups (broad SMARTS) is 1. The van der Waals surface area contributed by atoms with Crippen molar-refractivity contribution in [2.75, 3.05) is 20.3 Å². The van der Waals surface area contributed by atoms with Gasteiger partial charge in [0.15, 0.2) is 11.5 Å². The molecule has 2 N–H and O–H groups in total. The largest absolute Gasteiger partial charge is 0.546 e. The minimum absolute atomic E-state index is 0.201. The molecule has 0 heterocycles. The molecule has 1 aromatic rings. The van der Waals surface area contributed by atoms with E-state index in [9.17, 15) is 19.5 Å². The molecular weight excluding hydrogens is 386 g/mol. The van der Waals surface area contributed by atoms with Crippen LogP contribution in [-0.2, 0) is 14.4 Å². The standard InChI is InChI=1S/C14H16BrN3O6/c1-3-23-10-5-8(6-17-18-14(22)13(21)16-2)4-9(15)12(10)24-7-11(19)20/h4-6H,3,7H2,1-2H3,(H,16,21)(H,18,22)(H,19,20)/p-1/b17-6-. The summed E-state index contributed by atoms with van der Waals surface area (Å²) in [6, 6.07) is 3.11. The van der Waals surface area contributed by atoms with E-state index in [1.165, 1.54) is 19.3 Å². The number of carboxylic acids is 1. The van der Waals surface area contributed by atoms with Crippen LogP contribution >= 0.6 is 15.9 Å². The van der Waals surface area contributed by atoms with E-state index >= 15 is 0 Å². The third kappa shape index (κ3) is 5.88. The number of hydrazone groups is 1. The molecule has 1 aromatic carbocycles. The number of ether oxygens (including phenoxy) is 2. The van der Waals surface area contributed by atoms with E-state index in [0.717, 1.165) is 0 Å². The molecule has 0 atom stereocenters. The smallest absolute Gasteiger partial charge is 0.329 e. The highest BCUT2D eigenvalue weighted by atomic mass is 79.9. The molecule has 9 nitrogen and oxygen atoms in total. The number of aliphatic carboxylic acids is 1. The number of rotatable bonds is 7. The first-order chi connectivity index (χ1) is 11.4. The zero-order valence-electron chi connectivity index (χ0n) is 12.9. The molecule has 0 aromatic heterocycles. The van der Waals surface area contributed by atoms with Crippen LogP contribution in [-0.4, -0.2) is 44.3 Å². The quantitative estimate of drug-likeness (QED) is 0.349. The topological polar surface area (TPSA) is 129 Å². The maximum Gasteiger partial charge on any atom is 0.329 e. The third-order valence-electron chi connectivity index (χ3n) is 2.48. The molecule has 0 saturated carbocycles. The SMILES string of the molecule is CCOc1cc(/C=N\NC(=O)C(=O)NC)cc(Br)c1OCC(=O)[O-]. The van der Waals surface area contributed by atoms with Gasteiger partial charge in [0.25, 0.3) is 0 Å². The lowest BCUT2D eigenvalue weighted by Gasteiger charge is -2.14. The summed E-state index contributed by atoms with van der Waals surface area (Å²) in [5, 5.41) is 16.3. The fourth-order valence-electron chi connectivity index (χ4n) is 1.53. The molecular formula is C14H15BrN3O6-. The first-order valence-corrected chi connectivity index (χ1v) is 7.52. The van der Waals surface area contributed by atoms with Gasteiger partial charge in [0.1, 0.15) is 6.61 Å². The van der Waals surface area contributed by atoms with Crippen molar-refractivity contribution in [2.24, 2.45) is 5.10 Å². The summed E-state index contributed by atoms with van der Waals surface area (Å²) in [6.45, 7) is 1.44. The lowest BCUT2D eigenvalue weighted by molar-refractivity contribution is -0.307. The number of hydrogen-bond acceptors (Lipinski definition) is 7. The van der Waals surface area contributed by atoms with Crippen molar-refractivity contribution in [1.82, 2.24) is 10.7 Å². The van der Waals surface area contributed by atoms with Crippen LogP contribution < -0.4 is 25.3 Å². The Balaban J connectivity index is 2.95. The third-order valence-corrected chi connectivity index (χ3v) is 3.07. The average Bonchev–Trinajstić information content (AvgIpc) is 2.53. The summed E-state index contributed by atoms with van der Waals surface area (Å²) in [5.74, 6) is -2.62. The first-order valence-electron chi connectivity index (χ1n) is 6.73. The second-order valence-electron chi connectivity index (χ2n) is 4.20. The van der Waals surface area contributed by atoms with Crippen LogP contribution in [0.3, 0.4) is 0 Å². The van der Waals surface area contributed by atoms with Crippen molar-refractivity contribution in [3.05, 3.63) is 22.2 Å². The highest BCUT2D eigenvalue weighted by molar-refractivity contribution is 9.10. The Labute approximate surface area is 146 Å². The van der Waals surface area contributed by atoms with Gasteiger partial charge in [0.05, 0.1) is 23.3 Å². The second-order valence-corrected chi connectivity index (χ2v) is 5.06. The Morgan fingerprint density at radius 2 is 2.00 bits per heavy atom. The van der Waals surface area contributed by atoms with E-state index in [4.69, 9.17) is 9.47 Å². The van der Waals surface area contributed by atoms with Crippen LogP contribution in [0.4, 0.5) is 0 Å². The van der Waals surface area contributed by atoms with E-state index in [-0.39, 0.29) is 11.5 Å². The number of nitrogens with one attached hydrogen (secondary N) is 2. The Morgan fingerprint density at radius 1 is 1.29 bits per heavy atom. The fraction of sp³-hybridized carbons (Fsp3) is 0.286. The Kier molecular flexibility index (Phi) is 7.69. The number of nitrogens with zero attached hydrogens (tertiary/aromatic N) is 1. The Morgan fingerprint density at radius 3 is 2.58 bits per heavy atom. The summed E-state index contributed by atoms with van der Waals surface area (Å²) < 4.78 is 10.9. The minimum Gasteiger partial charge on any atom is -0.546 e. The van der Waals surface area contributed by atoms with E-state index in [2.05, 4.69) is 31.8 Å². The first kappa shape index (κ1) is 19.4. The predicted octanol–water partition coefficient (Wildman–Crippen LogP) is -0.827. The normalized spacial score (nSPS) is 10.3. The Hall–Kier alpha value is -2.62. The van der Waals surface area contributed by atoms with E-state index < -0.39 is 24.4 Å². The van der Waals surface area contributed by atoms with Crippen LogP contribution in [0.25, 0.3) is 0 Å². The number of carbonyl (C=O) groups is 3. The van der Waals surface area contributed by atoms with Crippen molar-refractivity contribution in [3.8, 4) is 11.5 Å². The molecule has 0 aliphatic rings. The monoisotopic (exact) mass is 400 g/mol. The molecule has 0 bridgehead atoms. The maximum atomic E-state index is 11.3. The number of carbonyl (C=O) groups excluding carboxylic acids is 3. The second kappa shape index (κ2) is 9.50. The highest BCUT2D eigenvalue weighted by Crippen LogP contribution is 2.36. The van der Waals surface area contributed by atoms with E-state index in [1.54, 1.807) is 13.0 Å². The van der Waals surface area contributed by atoms with Crippen molar-refractivity contribution >= 4 is 39.9 Å². The summed E-state index contributed by atoms with van der Waals surface area (Å²) in [7, 11) is 1.32. The number of hydrogen-bond donors (Lipinski definition) is 2. The number of halogens is 1. The van der Waals surface area contributed by atoms with Crippen molar-refractivity contribution in [3.63, 3.8) is 0 Å². The van der Waals surface area contributed by atoms with Gasteiger partial charge in [0.2, 0.25) is 0 Å². The summed E-state index contributed by atoms with van der Waals surface area (Å²) in [6.07, 6.45) is 1.29. The molecule has 0 spiro atoms. The molecule has 24 heavy (non-hydrogen) atoms. The van der Waals surface area contributed by atoms with Gasteiger partial charge in [-0.2, -0.15) is 5.10 Å². The molecule has 0 unspecified atom stereocenters. The minimum atomic E-state index is -1.37. The van der Waals surface area contributed by atoms with Gasteiger partial charge < -0.3 is 24.7 Å². The van der Waals surface area contributed by atoms with Gasteiger partial charge in [-0.1, -0.05) is 0 Å². The highest BCUT2D eigenvalue weighted by Gasteiger charge is 2.12. The lowest BCUT2D eigenvalue weighted by atomic mass is 10.2. The number of likely N-dealkylation sites (N-methyl/N-ethyl adjacent to an activating group) is 1. The molecule has 0 radical (unpaired) electrons. The molecule has 0 aliphatic heterocycles. The molecule has 0 saturated heterocycles. The number of amides is 2.